The fourth-order valence-corrected chi connectivity index (χ4v) is 3.79. The first kappa shape index (κ1) is 21.6. The van der Waals surface area contributed by atoms with E-state index in [1.54, 1.807) is 4.40 Å². The van der Waals surface area contributed by atoms with Crippen molar-refractivity contribution in [2.45, 2.75) is 6.18 Å². The zero-order valence-electron chi connectivity index (χ0n) is 16.9. The lowest BCUT2D eigenvalue weighted by Gasteiger charge is -2.33. The number of hydrogen-bond acceptors (Lipinski definition) is 5. The van der Waals surface area contributed by atoms with E-state index < -0.39 is 29.3 Å². The molecular formula is C21H19F3N4O4. The molecule has 1 fully saturated rings. The van der Waals surface area contributed by atoms with Crippen LogP contribution < -0.4 is 4.90 Å². The number of carbonyl (C=O) groups is 2. The van der Waals surface area contributed by atoms with Crippen molar-refractivity contribution in [2.24, 2.45) is 0 Å². The topological polar surface area (TPSA) is 98.4 Å². The molecule has 0 amide bonds. The number of carboxylic acids is 2. The summed E-state index contributed by atoms with van der Waals surface area (Å²) in [6.07, 6.45) is -2.54. The Balaban J connectivity index is 1.98. The van der Waals surface area contributed by atoms with E-state index in [1.807, 2.05) is 11.9 Å². The van der Waals surface area contributed by atoms with Gasteiger partial charge in [0.25, 0.3) is 0 Å². The molecule has 0 unspecified atom stereocenters. The van der Waals surface area contributed by atoms with Gasteiger partial charge in [-0.25, -0.2) is 14.6 Å². The van der Waals surface area contributed by atoms with Gasteiger partial charge in [-0.05, 0) is 31.3 Å². The molecule has 168 valence electrons. The molecule has 11 heteroatoms. The Kier molecular flexibility index (Phi) is 5.29. The largest absolute Gasteiger partial charge is 0.478 e. The number of nitrogens with zero attached hydrogens (tertiary/aromatic N) is 4. The van der Waals surface area contributed by atoms with Crippen molar-refractivity contribution in [3.05, 3.63) is 47.7 Å². The molecule has 0 radical (unpaired) electrons. The molecule has 0 atom stereocenters. The fourth-order valence-electron chi connectivity index (χ4n) is 3.79. The summed E-state index contributed by atoms with van der Waals surface area (Å²) in [5, 5.41) is 18.5. The number of carboxylic acid groups (broad SMARTS) is 2. The second-order valence-electron chi connectivity index (χ2n) is 7.61. The zero-order chi connectivity index (χ0) is 23.2. The number of hydrogen-bond donors (Lipinski definition) is 2. The maximum atomic E-state index is 13.3. The van der Waals surface area contributed by atoms with Crippen LogP contribution in [-0.2, 0) is 15.8 Å². The average Bonchev–Trinajstić information content (AvgIpc) is 3.16. The molecule has 32 heavy (non-hydrogen) atoms. The van der Waals surface area contributed by atoms with E-state index in [2.05, 4.69) is 9.88 Å². The molecule has 1 aliphatic rings. The summed E-state index contributed by atoms with van der Waals surface area (Å²) in [6.45, 7) is 2.62. The normalized spacial score (nSPS) is 16.1. The molecule has 2 N–H and O–H groups in total. The summed E-state index contributed by atoms with van der Waals surface area (Å²) in [5.41, 5.74) is -0.241. The van der Waals surface area contributed by atoms with Crippen LogP contribution in [0.5, 0.6) is 0 Å². The van der Waals surface area contributed by atoms with Gasteiger partial charge in [0.1, 0.15) is 0 Å². The molecular weight excluding hydrogens is 429 g/mol. The first-order valence-corrected chi connectivity index (χ1v) is 9.69. The van der Waals surface area contributed by atoms with Crippen LogP contribution in [0.15, 0.2) is 36.5 Å². The first-order chi connectivity index (χ1) is 15.0. The number of aromatic nitrogens is 2. The highest BCUT2D eigenvalue weighted by atomic mass is 19.4. The first-order valence-electron chi connectivity index (χ1n) is 9.69. The average molecular weight is 448 g/mol. The number of halogens is 3. The smallest absolute Gasteiger partial charge is 0.416 e. The van der Waals surface area contributed by atoms with E-state index in [1.165, 1.54) is 18.3 Å². The molecule has 0 aliphatic carbocycles. The Morgan fingerprint density at radius 2 is 1.75 bits per heavy atom. The molecule has 0 bridgehead atoms. The predicted octanol–water partition coefficient (Wildman–Crippen LogP) is 2.81. The van der Waals surface area contributed by atoms with E-state index in [0.29, 0.717) is 36.0 Å². The van der Waals surface area contributed by atoms with Gasteiger partial charge in [0.2, 0.25) is 0 Å². The highest BCUT2D eigenvalue weighted by Crippen LogP contribution is 2.34. The second kappa shape index (κ2) is 7.83. The van der Waals surface area contributed by atoms with Crippen LogP contribution >= 0.6 is 0 Å². The maximum absolute atomic E-state index is 13.3. The van der Waals surface area contributed by atoms with Crippen LogP contribution in [0.1, 0.15) is 11.1 Å². The minimum atomic E-state index is -4.54. The Morgan fingerprint density at radius 3 is 2.34 bits per heavy atom. The Morgan fingerprint density at radius 1 is 1.06 bits per heavy atom. The number of benzene rings is 1. The molecule has 0 saturated carbocycles. The van der Waals surface area contributed by atoms with Crippen molar-refractivity contribution in [3.63, 3.8) is 0 Å². The number of alkyl halides is 3. The lowest BCUT2D eigenvalue weighted by molar-refractivity contribution is -0.137. The standard InChI is InChI=1S/C21H19F3N4O4/c1-26-4-6-27(7-5-26)19-17-8-12(14(20(31)32)10-18(29)30)11-28(17)16-3-2-13(21(22,23)24)9-15(16)25-19/h2-3,8-11H,4-7H2,1H3,(H,29,30)(H,31,32). The van der Waals surface area contributed by atoms with Crippen molar-refractivity contribution < 1.29 is 33.0 Å². The zero-order valence-corrected chi connectivity index (χ0v) is 16.9. The van der Waals surface area contributed by atoms with E-state index in [0.717, 1.165) is 25.2 Å². The fraction of sp³-hybridized carbons (Fsp3) is 0.286. The number of aliphatic carboxylic acids is 2. The summed E-state index contributed by atoms with van der Waals surface area (Å²) in [4.78, 5) is 31.3. The minimum Gasteiger partial charge on any atom is -0.478 e. The van der Waals surface area contributed by atoms with Crippen molar-refractivity contribution in [1.82, 2.24) is 14.3 Å². The maximum Gasteiger partial charge on any atom is 0.416 e. The van der Waals surface area contributed by atoms with Crippen molar-refractivity contribution in [2.75, 3.05) is 38.1 Å². The number of fused-ring (bicyclic) bond motifs is 3. The second-order valence-corrected chi connectivity index (χ2v) is 7.61. The van der Waals surface area contributed by atoms with Crippen LogP contribution in [-0.4, -0.2) is 69.7 Å². The highest BCUT2D eigenvalue weighted by molar-refractivity contribution is 6.19. The third-order valence-electron chi connectivity index (χ3n) is 5.45. The summed E-state index contributed by atoms with van der Waals surface area (Å²) < 4.78 is 41.4. The van der Waals surface area contributed by atoms with Crippen LogP contribution in [0.2, 0.25) is 0 Å². The van der Waals surface area contributed by atoms with E-state index in [4.69, 9.17) is 5.11 Å². The molecule has 0 spiro atoms. The van der Waals surface area contributed by atoms with Gasteiger partial charge in [0.15, 0.2) is 5.82 Å². The third-order valence-corrected chi connectivity index (χ3v) is 5.45. The number of rotatable bonds is 4. The molecule has 1 aromatic carbocycles. The van der Waals surface area contributed by atoms with Crippen LogP contribution in [0.25, 0.3) is 22.1 Å². The quantitative estimate of drug-likeness (QED) is 0.593. The molecule has 1 saturated heterocycles. The summed E-state index contributed by atoms with van der Waals surface area (Å²) >= 11 is 0. The molecule has 1 aliphatic heterocycles. The Hall–Kier alpha value is -3.60. The van der Waals surface area contributed by atoms with Gasteiger partial charge in [-0.1, -0.05) is 0 Å². The molecule has 3 aromatic rings. The van der Waals surface area contributed by atoms with E-state index in [-0.39, 0.29) is 11.1 Å². The summed E-state index contributed by atoms with van der Waals surface area (Å²) in [7, 11) is 1.96. The predicted molar refractivity (Wildman–Crippen MR) is 111 cm³/mol. The van der Waals surface area contributed by atoms with Gasteiger partial charge in [-0.2, -0.15) is 13.2 Å². The SMILES string of the molecule is CN1CCN(c2nc3cc(C(F)(F)F)ccc3n3cc(C(=CC(=O)O)C(=O)O)cc23)CC1. The van der Waals surface area contributed by atoms with Gasteiger partial charge in [0.05, 0.1) is 27.7 Å². The van der Waals surface area contributed by atoms with Crippen molar-refractivity contribution in [1.29, 1.82) is 0 Å². The summed E-state index contributed by atoms with van der Waals surface area (Å²) in [6, 6.07) is 4.67. The van der Waals surface area contributed by atoms with Gasteiger partial charge >= 0.3 is 18.1 Å². The van der Waals surface area contributed by atoms with Crippen molar-refractivity contribution >= 4 is 39.9 Å². The van der Waals surface area contributed by atoms with Crippen LogP contribution in [0.4, 0.5) is 19.0 Å². The number of anilines is 1. The molecule has 8 nitrogen and oxygen atoms in total. The molecule has 4 rings (SSSR count). The monoisotopic (exact) mass is 448 g/mol. The third kappa shape index (κ3) is 3.98. The Labute approximate surface area is 179 Å². The number of likely N-dealkylation sites (N-methyl/N-ethyl adjacent to an activating group) is 1. The van der Waals surface area contributed by atoms with Crippen molar-refractivity contribution in [3.8, 4) is 0 Å². The van der Waals surface area contributed by atoms with E-state index in [9.17, 15) is 27.9 Å². The Bertz CT molecular complexity index is 1260. The van der Waals surface area contributed by atoms with E-state index >= 15 is 0 Å². The molecule has 2 aromatic heterocycles. The summed E-state index contributed by atoms with van der Waals surface area (Å²) in [5.74, 6) is -2.44. The minimum absolute atomic E-state index is 0.0995. The van der Waals surface area contributed by atoms with Crippen LogP contribution in [0, 0.1) is 0 Å². The lowest BCUT2D eigenvalue weighted by Crippen LogP contribution is -2.45. The van der Waals surface area contributed by atoms with Crippen LogP contribution in [0.3, 0.4) is 0 Å². The van der Waals surface area contributed by atoms with Gasteiger partial charge in [0, 0.05) is 44.0 Å². The van der Waals surface area contributed by atoms with Gasteiger partial charge < -0.3 is 24.4 Å². The number of piperazine rings is 1. The van der Waals surface area contributed by atoms with Gasteiger partial charge in [-0.3, -0.25) is 0 Å². The highest BCUT2D eigenvalue weighted by Gasteiger charge is 2.31. The molecule has 3 heterocycles. The lowest BCUT2D eigenvalue weighted by atomic mass is 10.1. The van der Waals surface area contributed by atoms with Gasteiger partial charge in [-0.15, -0.1) is 0 Å².